The molecule has 1 atom stereocenters. The largest absolute Gasteiger partial charge is 0.504 e. The lowest BCUT2D eigenvalue weighted by Gasteiger charge is -2.40. The van der Waals surface area contributed by atoms with Crippen molar-refractivity contribution in [3.8, 4) is 11.5 Å². The van der Waals surface area contributed by atoms with Gasteiger partial charge >= 0.3 is 0 Å². The zero-order valence-electron chi connectivity index (χ0n) is 16.1. The number of aromatic hydroxyl groups is 1. The van der Waals surface area contributed by atoms with Crippen LogP contribution in [-0.2, 0) is 4.74 Å². The zero-order valence-corrected chi connectivity index (χ0v) is 16.1. The van der Waals surface area contributed by atoms with Gasteiger partial charge in [0.15, 0.2) is 11.5 Å². The third-order valence-electron chi connectivity index (χ3n) is 5.75. The van der Waals surface area contributed by atoms with Gasteiger partial charge in [0.2, 0.25) is 0 Å². The third kappa shape index (κ3) is 4.78. The number of benzene rings is 1. The van der Waals surface area contributed by atoms with E-state index in [-0.39, 0.29) is 5.75 Å². The van der Waals surface area contributed by atoms with Crippen LogP contribution in [0.25, 0.3) is 6.08 Å². The SMILES string of the molecule is COCCN1CCCC2(CCN(CC=Cc3ccc(O)c(OC)c3)C2)C1. The number of methoxy groups -OCH3 is 2. The second-order valence-corrected chi connectivity index (χ2v) is 7.69. The molecule has 2 aliphatic heterocycles. The Morgan fingerprint density at radius 3 is 2.81 bits per heavy atom. The molecule has 144 valence electrons. The summed E-state index contributed by atoms with van der Waals surface area (Å²) in [5.41, 5.74) is 1.53. The van der Waals surface area contributed by atoms with E-state index < -0.39 is 0 Å². The van der Waals surface area contributed by atoms with Gasteiger partial charge in [-0.15, -0.1) is 0 Å². The predicted octanol–water partition coefficient (Wildman–Crippen LogP) is 2.85. The molecule has 1 aromatic carbocycles. The number of hydrogen-bond acceptors (Lipinski definition) is 5. The molecular formula is C21H32N2O3. The molecule has 5 heteroatoms. The molecule has 26 heavy (non-hydrogen) atoms. The van der Waals surface area contributed by atoms with Crippen molar-refractivity contribution < 1.29 is 14.6 Å². The third-order valence-corrected chi connectivity index (χ3v) is 5.75. The topological polar surface area (TPSA) is 45.2 Å². The molecule has 2 saturated heterocycles. The van der Waals surface area contributed by atoms with Gasteiger partial charge in [0.25, 0.3) is 0 Å². The van der Waals surface area contributed by atoms with E-state index in [2.05, 4.69) is 22.0 Å². The molecule has 2 heterocycles. The Hall–Kier alpha value is -1.56. The fraction of sp³-hybridized carbons (Fsp3) is 0.619. The van der Waals surface area contributed by atoms with Crippen LogP contribution in [0.5, 0.6) is 11.5 Å². The van der Waals surface area contributed by atoms with E-state index in [4.69, 9.17) is 9.47 Å². The van der Waals surface area contributed by atoms with Crippen LogP contribution in [0, 0.1) is 5.41 Å². The Morgan fingerprint density at radius 2 is 2.00 bits per heavy atom. The molecule has 0 aliphatic carbocycles. The minimum atomic E-state index is 0.182. The van der Waals surface area contributed by atoms with Crippen LogP contribution in [0.1, 0.15) is 24.8 Å². The van der Waals surface area contributed by atoms with Crippen molar-refractivity contribution in [2.24, 2.45) is 5.41 Å². The van der Waals surface area contributed by atoms with E-state index in [0.29, 0.717) is 11.2 Å². The summed E-state index contributed by atoms with van der Waals surface area (Å²) in [6.07, 6.45) is 8.29. The average molecular weight is 360 g/mol. The number of likely N-dealkylation sites (tertiary alicyclic amines) is 2. The molecule has 5 nitrogen and oxygen atoms in total. The highest BCUT2D eigenvalue weighted by molar-refractivity contribution is 5.55. The molecule has 1 aromatic rings. The van der Waals surface area contributed by atoms with E-state index in [1.807, 2.05) is 12.1 Å². The fourth-order valence-corrected chi connectivity index (χ4v) is 4.37. The minimum Gasteiger partial charge on any atom is -0.504 e. The van der Waals surface area contributed by atoms with Gasteiger partial charge in [-0.1, -0.05) is 18.2 Å². The van der Waals surface area contributed by atoms with E-state index in [1.54, 1.807) is 20.3 Å². The Morgan fingerprint density at radius 1 is 1.15 bits per heavy atom. The number of phenolic OH excluding ortho intramolecular Hbond substituents is 1. The van der Waals surface area contributed by atoms with Gasteiger partial charge in [-0.2, -0.15) is 0 Å². The quantitative estimate of drug-likeness (QED) is 0.810. The maximum absolute atomic E-state index is 9.68. The summed E-state index contributed by atoms with van der Waals surface area (Å²) < 4.78 is 10.4. The molecule has 0 saturated carbocycles. The van der Waals surface area contributed by atoms with Crippen LogP contribution in [0.4, 0.5) is 0 Å². The molecule has 0 bridgehead atoms. The van der Waals surface area contributed by atoms with Gasteiger partial charge in [0.05, 0.1) is 13.7 Å². The number of nitrogens with zero attached hydrogens (tertiary/aromatic N) is 2. The zero-order chi connectivity index (χ0) is 18.4. The Kier molecular flexibility index (Phi) is 6.57. The molecule has 1 unspecified atom stereocenters. The normalized spacial score (nSPS) is 24.7. The second-order valence-electron chi connectivity index (χ2n) is 7.69. The molecule has 1 N–H and O–H groups in total. The fourth-order valence-electron chi connectivity index (χ4n) is 4.37. The molecule has 2 fully saturated rings. The van der Waals surface area contributed by atoms with E-state index in [0.717, 1.165) is 25.3 Å². The molecular weight excluding hydrogens is 328 g/mol. The van der Waals surface area contributed by atoms with Gasteiger partial charge < -0.3 is 19.5 Å². The highest BCUT2D eigenvalue weighted by Crippen LogP contribution is 2.38. The van der Waals surface area contributed by atoms with E-state index in [9.17, 15) is 5.11 Å². The number of piperidine rings is 1. The van der Waals surface area contributed by atoms with Gasteiger partial charge in [-0.3, -0.25) is 4.90 Å². The standard InChI is InChI=1S/C21H32N2O3/c1-25-14-13-23-11-4-8-21(17-23)9-12-22(16-21)10-3-5-18-6-7-19(24)20(15-18)26-2/h3,5-7,15,24H,4,8-14,16-17H2,1-2H3. The number of rotatable bonds is 7. The van der Waals surface area contributed by atoms with Crippen LogP contribution in [0.15, 0.2) is 24.3 Å². The average Bonchev–Trinajstić information content (AvgIpc) is 3.03. The molecule has 0 amide bonds. The van der Waals surface area contributed by atoms with Gasteiger partial charge in [-0.25, -0.2) is 0 Å². The van der Waals surface area contributed by atoms with Crippen LogP contribution in [0.2, 0.25) is 0 Å². The van der Waals surface area contributed by atoms with Crippen molar-refractivity contribution >= 4 is 6.08 Å². The highest BCUT2D eigenvalue weighted by Gasteiger charge is 2.40. The van der Waals surface area contributed by atoms with Crippen molar-refractivity contribution in [3.63, 3.8) is 0 Å². The first-order valence-corrected chi connectivity index (χ1v) is 9.61. The second kappa shape index (κ2) is 8.89. The Labute approximate surface area is 157 Å². The van der Waals surface area contributed by atoms with Crippen molar-refractivity contribution in [2.75, 3.05) is 60.1 Å². The lowest BCUT2D eigenvalue weighted by atomic mass is 9.79. The highest BCUT2D eigenvalue weighted by atomic mass is 16.5. The van der Waals surface area contributed by atoms with Gasteiger partial charge in [0, 0.05) is 33.3 Å². The summed E-state index contributed by atoms with van der Waals surface area (Å²) in [6.45, 7) is 7.67. The summed E-state index contributed by atoms with van der Waals surface area (Å²) in [6, 6.07) is 5.46. The van der Waals surface area contributed by atoms with Gasteiger partial charge in [0.1, 0.15) is 0 Å². The maximum atomic E-state index is 9.68. The summed E-state index contributed by atoms with van der Waals surface area (Å²) >= 11 is 0. The first-order chi connectivity index (χ1) is 12.6. The lowest BCUT2D eigenvalue weighted by Crippen LogP contribution is -2.45. The van der Waals surface area contributed by atoms with E-state index >= 15 is 0 Å². The van der Waals surface area contributed by atoms with Crippen molar-refractivity contribution in [3.05, 3.63) is 29.8 Å². The molecule has 1 spiro atoms. The van der Waals surface area contributed by atoms with Crippen molar-refractivity contribution in [1.82, 2.24) is 9.80 Å². The number of ether oxygens (including phenoxy) is 2. The van der Waals surface area contributed by atoms with Crippen LogP contribution < -0.4 is 4.74 Å². The summed E-state index contributed by atoms with van der Waals surface area (Å²) in [4.78, 5) is 5.14. The Bertz CT molecular complexity index is 619. The van der Waals surface area contributed by atoms with Crippen LogP contribution >= 0.6 is 0 Å². The lowest BCUT2D eigenvalue weighted by molar-refractivity contribution is 0.0686. The monoisotopic (exact) mass is 360 g/mol. The molecule has 0 radical (unpaired) electrons. The van der Waals surface area contributed by atoms with Crippen molar-refractivity contribution in [2.45, 2.75) is 19.3 Å². The molecule has 0 aromatic heterocycles. The summed E-state index contributed by atoms with van der Waals surface area (Å²) in [7, 11) is 3.36. The first kappa shape index (κ1) is 19.2. The molecule has 3 rings (SSSR count). The minimum absolute atomic E-state index is 0.182. The van der Waals surface area contributed by atoms with Crippen LogP contribution in [-0.4, -0.2) is 75.0 Å². The summed E-state index contributed by atoms with van der Waals surface area (Å²) in [5.74, 6) is 0.701. The maximum Gasteiger partial charge on any atom is 0.161 e. The number of hydrogen-bond donors (Lipinski definition) is 1. The first-order valence-electron chi connectivity index (χ1n) is 9.61. The Balaban J connectivity index is 1.51. The number of phenols is 1. The smallest absolute Gasteiger partial charge is 0.161 e. The van der Waals surface area contributed by atoms with E-state index in [1.165, 1.54) is 45.4 Å². The molecule has 2 aliphatic rings. The van der Waals surface area contributed by atoms with Crippen LogP contribution in [0.3, 0.4) is 0 Å². The van der Waals surface area contributed by atoms with Gasteiger partial charge in [-0.05, 0) is 55.5 Å². The predicted molar refractivity (Wildman–Crippen MR) is 105 cm³/mol. The summed E-state index contributed by atoms with van der Waals surface area (Å²) in [5, 5.41) is 9.68. The van der Waals surface area contributed by atoms with Crippen molar-refractivity contribution in [1.29, 1.82) is 0 Å².